The zero-order chi connectivity index (χ0) is 15.0. The van der Waals surface area contributed by atoms with Gasteiger partial charge in [0, 0.05) is 18.7 Å². The summed E-state index contributed by atoms with van der Waals surface area (Å²) in [6.07, 6.45) is 0. The number of nitrogens with two attached hydrogens (primary N) is 1. The molecular weight excluding hydrogens is 282 g/mol. The first-order chi connectivity index (χ1) is 10.1. The van der Waals surface area contributed by atoms with E-state index < -0.39 is 0 Å². The van der Waals surface area contributed by atoms with Crippen molar-refractivity contribution in [2.24, 2.45) is 5.73 Å². The molecule has 0 atom stereocenters. The van der Waals surface area contributed by atoms with Crippen LogP contribution >= 0.6 is 11.6 Å². The van der Waals surface area contributed by atoms with Gasteiger partial charge in [0.25, 0.3) is 0 Å². The van der Waals surface area contributed by atoms with Crippen LogP contribution in [-0.2, 0) is 13.1 Å². The highest BCUT2D eigenvalue weighted by molar-refractivity contribution is 6.33. The average molecular weight is 300 g/mol. The number of aromatic nitrogens is 2. The molecule has 21 heavy (non-hydrogen) atoms. The van der Waals surface area contributed by atoms with Crippen molar-refractivity contribution in [1.82, 2.24) is 9.55 Å². The average Bonchev–Trinajstić information content (AvgIpc) is 2.84. The van der Waals surface area contributed by atoms with Crippen LogP contribution in [0.25, 0.3) is 22.4 Å². The molecule has 0 spiro atoms. The Kier molecular flexibility index (Phi) is 3.70. The van der Waals surface area contributed by atoms with E-state index in [0.717, 1.165) is 45.1 Å². The zero-order valence-corrected chi connectivity index (χ0v) is 13.0. The SMILES string of the molecule is CCn1c(-c2ccc(C)cc2Cl)nc2cc(CN)ccc21. The van der Waals surface area contributed by atoms with Crippen molar-refractivity contribution in [3.63, 3.8) is 0 Å². The van der Waals surface area contributed by atoms with Gasteiger partial charge < -0.3 is 10.3 Å². The summed E-state index contributed by atoms with van der Waals surface area (Å²) in [6.45, 7) is 5.52. The second-order valence-corrected chi connectivity index (χ2v) is 5.60. The lowest BCUT2D eigenvalue weighted by atomic mass is 10.1. The third kappa shape index (κ3) is 2.43. The van der Waals surface area contributed by atoms with Crippen LogP contribution in [0.5, 0.6) is 0 Å². The Hall–Kier alpha value is -1.84. The van der Waals surface area contributed by atoms with Crippen LogP contribution in [-0.4, -0.2) is 9.55 Å². The number of imidazole rings is 1. The van der Waals surface area contributed by atoms with E-state index in [0.29, 0.717) is 6.54 Å². The third-order valence-corrected chi connectivity index (χ3v) is 4.04. The summed E-state index contributed by atoms with van der Waals surface area (Å²) >= 11 is 6.41. The molecule has 0 aliphatic carbocycles. The minimum absolute atomic E-state index is 0.523. The number of hydrogen-bond acceptors (Lipinski definition) is 2. The van der Waals surface area contributed by atoms with E-state index in [9.17, 15) is 0 Å². The summed E-state index contributed by atoms with van der Waals surface area (Å²) in [6, 6.07) is 12.3. The van der Waals surface area contributed by atoms with Gasteiger partial charge in [0.05, 0.1) is 16.1 Å². The largest absolute Gasteiger partial charge is 0.326 e. The summed E-state index contributed by atoms with van der Waals surface area (Å²) in [5.41, 5.74) is 11.0. The minimum atomic E-state index is 0.523. The van der Waals surface area contributed by atoms with E-state index in [-0.39, 0.29) is 0 Å². The van der Waals surface area contributed by atoms with Crippen molar-refractivity contribution < 1.29 is 0 Å². The third-order valence-electron chi connectivity index (χ3n) is 3.73. The summed E-state index contributed by atoms with van der Waals surface area (Å²) in [5.74, 6) is 0.909. The second kappa shape index (κ2) is 5.51. The van der Waals surface area contributed by atoms with E-state index in [2.05, 4.69) is 29.7 Å². The van der Waals surface area contributed by atoms with Gasteiger partial charge in [-0.15, -0.1) is 0 Å². The molecule has 0 aliphatic heterocycles. The first-order valence-corrected chi connectivity index (χ1v) is 7.47. The fourth-order valence-electron chi connectivity index (χ4n) is 2.63. The van der Waals surface area contributed by atoms with Gasteiger partial charge in [-0.05, 0) is 49.2 Å². The molecule has 3 rings (SSSR count). The van der Waals surface area contributed by atoms with Crippen molar-refractivity contribution in [2.75, 3.05) is 0 Å². The van der Waals surface area contributed by atoms with Crippen molar-refractivity contribution in [3.8, 4) is 11.4 Å². The molecular formula is C17H18ClN3. The standard InChI is InChI=1S/C17H18ClN3/c1-3-21-16-7-5-12(10-19)9-15(16)20-17(21)13-6-4-11(2)8-14(13)18/h4-9H,3,10,19H2,1-2H3. The predicted octanol–water partition coefficient (Wildman–Crippen LogP) is 4.14. The van der Waals surface area contributed by atoms with Crippen molar-refractivity contribution in [1.29, 1.82) is 0 Å². The Morgan fingerprint density at radius 3 is 2.67 bits per heavy atom. The molecule has 0 unspecified atom stereocenters. The maximum absolute atomic E-state index is 6.41. The number of halogens is 1. The molecule has 4 heteroatoms. The quantitative estimate of drug-likeness (QED) is 0.790. The Labute approximate surface area is 129 Å². The molecule has 1 heterocycles. The van der Waals surface area contributed by atoms with E-state index in [4.69, 9.17) is 22.3 Å². The van der Waals surface area contributed by atoms with E-state index in [1.807, 2.05) is 25.1 Å². The highest BCUT2D eigenvalue weighted by Crippen LogP contribution is 2.31. The maximum atomic E-state index is 6.41. The molecule has 3 aromatic rings. The van der Waals surface area contributed by atoms with E-state index in [1.54, 1.807) is 0 Å². The fraction of sp³-hybridized carbons (Fsp3) is 0.235. The molecule has 0 radical (unpaired) electrons. The molecule has 3 nitrogen and oxygen atoms in total. The summed E-state index contributed by atoms with van der Waals surface area (Å²) in [5, 5.41) is 0.735. The van der Waals surface area contributed by atoms with Crippen LogP contribution in [0.4, 0.5) is 0 Å². The Bertz CT molecular complexity index is 805. The van der Waals surface area contributed by atoms with Crippen molar-refractivity contribution in [2.45, 2.75) is 26.9 Å². The van der Waals surface area contributed by atoms with Crippen LogP contribution in [0, 0.1) is 6.92 Å². The van der Waals surface area contributed by atoms with Crippen LogP contribution in [0.2, 0.25) is 5.02 Å². The smallest absolute Gasteiger partial charge is 0.142 e. The Morgan fingerprint density at radius 2 is 2.00 bits per heavy atom. The number of benzene rings is 2. The summed E-state index contributed by atoms with van der Waals surface area (Å²) in [4.78, 5) is 4.78. The lowest BCUT2D eigenvalue weighted by molar-refractivity contribution is 0.796. The van der Waals surface area contributed by atoms with Crippen molar-refractivity contribution >= 4 is 22.6 Å². The molecule has 0 saturated carbocycles. The highest BCUT2D eigenvalue weighted by Gasteiger charge is 2.14. The molecule has 0 fully saturated rings. The number of rotatable bonds is 3. The second-order valence-electron chi connectivity index (χ2n) is 5.19. The Balaban J connectivity index is 2.26. The van der Waals surface area contributed by atoms with Crippen LogP contribution in [0.3, 0.4) is 0 Å². The van der Waals surface area contributed by atoms with Crippen LogP contribution in [0.15, 0.2) is 36.4 Å². The van der Waals surface area contributed by atoms with Crippen LogP contribution in [0.1, 0.15) is 18.1 Å². The number of hydrogen-bond donors (Lipinski definition) is 1. The van der Waals surface area contributed by atoms with Gasteiger partial charge in [-0.3, -0.25) is 0 Å². The predicted molar refractivity (Wildman–Crippen MR) is 88.5 cm³/mol. The van der Waals surface area contributed by atoms with Gasteiger partial charge in [0.2, 0.25) is 0 Å². The molecule has 0 bridgehead atoms. The van der Waals surface area contributed by atoms with Gasteiger partial charge in [-0.1, -0.05) is 23.7 Å². The van der Waals surface area contributed by atoms with Gasteiger partial charge in [0.15, 0.2) is 0 Å². The normalized spacial score (nSPS) is 11.2. The van der Waals surface area contributed by atoms with Gasteiger partial charge in [-0.2, -0.15) is 0 Å². The van der Waals surface area contributed by atoms with Gasteiger partial charge in [0.1, 0.15) is 5.82 Å². The summed E-state index contributed by atoms with van der Waals surface area (Å²) in [7, 11) is 0. The molecule has 0 amide bonds. The zero-order valence-electron chi connectivity index (χ0n) is 12.2. The molecule has 2 aromatic carbocycles. The fourth-order valence-corrected chi connectivity index (χ4v) is 2.95. The monoisotopic (exact) mass is 299 g/mol. The topological polar surface area (TPSA) is 43.8 Å². The molecule has 0 aliphatic rings. The highest BCUT2D eigenvalue weighted by atomic mass is 35.5. The molecule has 108 valence electrons. The number of aryl methyl sites for hydroxylation is 2. The minimum Gasteiger partial charge on any atom is -0.326 e. The number of fused-ring (bicyclic) bond motifs is 1. The first-order valence-electron chi connectivity index (χ1n) is 7.09. The summed E-state index contributed by atoms with van der Waals surface area (Å²) < 4.78 is 2.19. The molecule has 2 N–H and O–H groups in total. The van der Waals surface area contributed by atoms with E-state index in [1.165, 1.54) is 0 Å². The lowest BCUT2D eigenvalue weighted by Gasteiger charge is -2.08. The Morgan fingerprint density at radius 1 is 1.19 bits per heavy atom. The van der Waals surface area contributed by atoms with E-state index >= 15 is 0 Å². The lowest BCUT2D eigenvalue weighted by Crippen LogP contribution is -1.98. The van der Waals surface area contributed by atoms with Crippen molar-refractivity contribution in [3.05, 3.63) is 52.5 Å². The molecule has 1 aromatic heterocycles. The maximum Gasteiger partial charge on any atom is 0.142 e. The molecule has 0 saturated heterocycles. The van der Waals surface area contributed by atoms with Gasteiger partial charge in [-0.25, -0.2) is 4.98 Å². The number of nitrogens with zero attached hydrogens (tertiary/aromatic N) is 2. The first kappa shape index (κ1) is 14.1. The van der Waals surface area contributed by atoms with Crippen LogP contribution < -0.4 is 5.73 Å². The van der Waals surface area contributed by atoms with Gasteiger partial charge >= 0.3 is 0 Å².